The number of rotatable bonds is 12. The standard InChI is InChI=1S/C26H34N2O2.C4H4O4/c1-28(14-4-6-20-8-10-22(19-27)11-9-20)15-5-7-21-12-13-23-17-25(29-2)26(30-3)18-24(23)16-21;5-3(6)1-2-4(7)8/h8-11,17-18,21H,4-7,12-16H2,1-3H3;1-2H,(H,5,6)(H,7,8)/b;2-1+. The summed E-state index contributed by atoms with van der Waals surface area (Å²) in [5.41, 5.74) is 4.90. The Bertz CT molecular complexity index is 1100. The molecule has 0 heterocycles. The minimum Gasteiger partial charge on any atom is -0.493 e. The number of benzene rings is 2. The maximum absolute atomic E-state index is 9.55. The Labute approximate surface area is 225 Å². The number of carbonyl (C=O) groups is 2. The number of hydrogen-bond donors (Lipinski definition) is 2. The molecule has 0 aromatic heterocycles. The summed E-state index contributed by atoms with van der Waals surface area (Å²) in [5.74, 6) is -0.0568. The zero-order chi connectivity index (χ0) is 27.9. The zero-order valence-corrected chi connectivity index (χ0v) is 22.5. The third-order valence-corrected chi connectivity index (χ3v) is 6.65. The van der Waals surface area contributed by atoms with Gasteiger partial charge < -0.3 is 24.6 Å². The molecular weight excluding hydrogens is 484 g/mol. The van der Waals surface area contributed by atoms with Crippen LogP contribution in [0.25, 0.3) is 0 Å². The van der Waals surface area contributed by atoms with Crippen molar-refractivity contribution in [2.75, 3.05) is 34.4 Å². The van der Waals surface area contributed by atoms with E-state index < -0.39 is 11.9 Å². The first kappa shape index (κ1) is 30.4. The van der Waals surface area contributed by atoms with Crippen molar-refractivity contribution in [1.82, 2.24) is 4.90 Å². The van der Waals surface area contributed by atoms with Crippen LogP contribution in [-0.4, -0.2) is 61.4 Å². The molecule has 0 radical (unpaired) electrons. The van der Waals surface area contributed by atoms with Crippen LogP contribution in [-0.2, 0) is 28.9 Å². The number of aliphatic carboxylic acids is 2. The highest BCUT2D eigenvalue weighted by atomic mass is 16.5. The molecule has 0 saturated carbocycles. The fraction of sp³-hybridized carbons (Fsp3) is 0.433. The summed E-state index contributed by atoms with van der Waals surface area (Å²) in [6, 6.07) is 14.5. The molecule has 2 aromatic carbocycles. The first-order valence-electron chi connectivity index (χ1n) is 12.8. The number of fused-ring (bicyclic) bond motifs is 1. The van der Waals surface area contributed by atoms with E-state index >= 15 is 0 Å². The van der Waals surface area contributed by atoms with E-state index in [4.69, 9.17) is 24.9 Å². The Morgan fingerprint density at radius 1 is 1.00 bits per heavy atom. The molecule has 0 fully saturated rings. The molecule has 1 aliphatic carbocycles. The highest BCUT2D eigenvalue weighted by Crippen LogP contribution is 2.36. The molecule has 1 aliphatic rings. The third-order valence-electron chi connectivity index (χ3n) is 6.65. The average Bonchev–Trinajstić information content (AvgIpc) is 2.91. The van der Waals surface area contributed by atoms with Gasteiger partial charge in [-0.05, 0) is 112 Å². The quantitative estimate of drug-likeness (QED) is 0.384. The van der Waals surface area contributed by atoms with E-state index in [-0.39, 0.29) is 0 Å². The van der Waals surface area contributed by atoms with Crippen molar-refractivity contribution in [3.63, 3.8) is 0 Å². The minimum absolute atomic E-state index is 0.558. The van der Waals surface area contributed by atoms with Crippen LogP contribution in [0, 0.1) is 17.2 Å². The fourth-order valence-corrected chi connectivity index (χ4v) is 4.61. The molecule has 0 bridgehead atoms. The lowest BCUT2D eigenvalue weighted by Crippen LogP contribution is -2.23. The van der Waals surface area contributed by atoms with Gasteiger partial charge in [-0.3, -0.25) is 0 Å². The third kappa shape index (κ3) is 10.7. The molecule has 0 amide bonds. The summed E-state index contributed by atoms with van der Waals surface area (Å²) >= 11 is 0. The van der Waals surface area contributed by atoms with E-state index in [1.807, 2.05) is 12.1 Å². The van der Waals surface area contributed by atoms with E-state index in [0.29, 0.717) is 12.2 Å². The predicted octanol–water partition coefficient (Wildman–Crippen LogP) is 4.74. The lowest BCUT2D eigenvalue weighted by molar-refractivity contribution is -0.134. The van der Waals surface area contributed by atoms with Crippen LogP contribution in [0.4, 0.5) is 0 Å². The van der Waals surface area contributed by atoms with Crippen molar-refractivity contribution in [1.29, 1.82) is 5.26 Å². The van der Waals surface area contributed by atoms with Crippen molar-refractivity contribution >= 4 is 11.9 Å². The Morgan fingerprint density at radius 3 is 2.13 bits per heavy atom. The molecule has 8 nitrogen and oxygen atoms in total. The smallest absolute Gasteiger partial charge is 0.328 e. The summed E-state index contributed by atoms with van der Waals surface area (Å²) in [5, 5.41) is 24.5. The second-order valence-electron chi connectivity index (χ2n) is 9.45. The van der Waals surface area contributed by atoms with Crippen LogP contribution in [0.2, 0.25) is 0 Å². The van der Waals surface area contributed by atoms with Gasteiger partial charge in [0.1, 0.15) is 0 Å². The van der Waals surface area contributed by atoms with E-state index in [0.717, 1.165) is 61.8 Å². The van der Waals surface area contributed by atoms with Gasteiger partial charge in [0.25, 0.3) is 0 Å². The van der Waals surface area contributed by atoms with E-state index in [2.05, 4.69) is 42.3 Å². The van der Waals surface area contributed by atoms with E-state index in [1.165, 1.54) is 36.0 Å². The number of carboxylic acid groups (broad SMARTS) is 2. The van der Waals surface area contributed by atoms with Crippen molar-refractivity contribution in [2.45, 2.75) is 44.9 Å². The van der Waals surface area contributed by atoms with Crippen LogP contribution in [0.3, 0.4) is 0 Å². The number of ether oxygens (including phenoxy) is 2. The fourth-order valence-electron chi connectivity index (χ4n) is 4.61. The maximum Gasteiger partial charge on any atom is 0.328 e. The molecule has 1 unspecified atom stereocenters. The van der Waals surface area contributed by atoms with Crippen LogP contribution in [0.5, 0.6) is 11.5 Å². The van der Waals surface area contributed by atoms with Gasteiger partial charge in [0.2, 0.25) is 0 Å². The SMILES string of the molecule is COc1cc2c(cc1OC)CC(CCCN(C)CCCc1ccc(C#N)cc1)CC2.O=C(O)/C=C/C(=O)O. The van der Waals surface area contributed by atoms with Gasteiger partial charge in [-0.15, -0.1) is 0 Å². The van der Waals surface area contributed by atoms with Gasteiger partial charge in [-0.25, -0.2) is 9.59 Å². The first-order valence-corrected chi connectivity index (χ1v) is 12.8. The molecule has 8 heteroatoms. The maximum atomic E-state index is 9.55. The molecular formula is C30H38N2O6. The molecule has 2 aromatic rings. The van der Waals surface area contributed by atoms with Crippen LogP contribution in [0.1, 0.15) is 47.9 Å². The van der Waals surface area contributed by atoms with Crippen LogP contribution >= 0.6 is 0 Å². The lowest BCUT2D eigenvalue weighted by atomic mass is 9.81. The van der Waals surface area contributed by atoms with Gasteiger partial charge in [0, 0.05) is 12.2 Å². The van der Waals surface area contributed by atoms with Gasteiger partial charge in [-0.1, -0.05) is 12.1 Å². The number of hydrogen-bond acceptors (Lipinski definition) is 6. The van der Waals surface area contributed by atoms with Crippen molar-refractivity contribution in [3.05, 3.63) is 70.8 Å². The highest BCUT2D eigenvalue weighted by molar-refractivity contribution is 5.89. The first-order chi connectivity index (χ1) is 18.2. The summed E-state index contributed by atoms with van der Waals surface area (Å²) in [6.07, 6.45) is 9.43. The number of carboxylic acids is 2. The molecule has 38 heavy (non-hydrogen) atoms. The molecule has 0 spiro atoms. The number of nitriles is 1. The molecule has 204 valence electrons. The molecule has 1 atom stereocenters. The van der Waals surface area contributed by atoms with Crippen molar-refractivity contribution < 1.29 is 29.3 Å². The van der Waals surface area contributed by atoms with Gasteiger partial charge in [0.05, 0.1) is 25.9 Å². The van der Waals surface area contributed by atoms with Gasteiger partial charge in [-0.2, -0.15) is 5.26 Å². The van der Waals surface area contributed by atoms with Crippen molar-refractivity contribution in [2.24, 2.45) is 5.92 Å². The van der Waals surface area contributed by atoms with E-state index in [9.17, 15) is 9.59 Å². The summed E-state index contributed by atoms with van der Waals surface area (Å²) in [6.45, 7) is 2.27. The Balaban J connectivity index is 0.000000550. The monoisotopic (exact) mass is 522 g/mol. The molecule has 0 aliphatic heterocycles. The van der Waals surface area contributed by atoms with E-state index in [1.54, 1.807) is 14.2 Å². The van der Waals surface area contributed by atoms with Crippen LogP contribution in [0.15, 0.2) is 48.6 Å². The second-order valence-corrected chi connectivity index (χ2v) is 9.45. The second kappa shape index (κ2) is 16.1. The lowest BCUT2D eigenvalue weighted by Gasteiger charge is -2.26. The average molecular weight is 523 g/mol. The largest absolute Gasteiger partial charge is 0.493 e. The number of methoxy groups -OCH3 is 2. The van der Waals surface area contributed by atoms with Gasteiger partial charge in [0.15, 0.2) is 11.5 Å². The summed E-state index contributed by atoms with van der Waals surface area (Å²) in [4.78, 5) is 21.6. The zero-order valence-electron chi connectivity index (χ0n) is 22.5. The van der Waals surface area contributed by atoms with Gasteiger partial charge >= 0.3 is 11.9 Å². The number of aryl methyl sites for hydroxylation is 2. The Kier molecular flexibility index (Phi) is 12.9. The molecule has 0 saturated heterocycles. The molecule has 2 N–H and O–H groups in total. The molecule has 3 rings (SSSR count). The Morgan fingerprint density at radius 2 is 1.58 bits per heavy atom. The van der Waals surface area contributed by atoms with Crippen LogP contribution < -0.4 is 9.47 Å². The summed E-state index contributed by atoms with van der Waals surface area (Å²) in [7, 11) is 5.64. The normalized spacial score (nSPS) is 14.2. The number of nitrogens with zero attached hydrogens (tertiary/aromatic N) is 2. The topological polar surface area (TPSA) is 120 Å². The highest BCUT2D eigenvalue weighted by Gasteiger charge is 2.21. The minimum atomic E-state index is -1.26. The Hall–Kier alpha value is -3.83. The van der Waals surface area contributed by atoms with Crippen molar-refractivity contribution in [3.8, 4) is 17.6 Å². The predicted molar refractivity (Wildman–Crippen MR) is 146 cm³/mol. The summed E-state index contributed by atoms with van der Waals surface area (Å²) < 4.78 is 10.9.